The maximum absolute atomic E-state index is 12.2. The third-order valence-electron chi connectivity index (χ3n) is 13.9. The van der Waals surface area contributed by atoms with Gasteiger partial charge in [0.2, 0.25) is 0 Å². The maximum atomic E-state index is 12.2. The van der Waals surface area contributed by atoms with Crippen LogP contribution in [0, 0.1) is 7.05 Å². The fourth-order valence-electron chi connectivity index (χ4n) is 10.7. The van der Waals surface area contributed by atoms with Crippen LogP contribution < -0.4 is 45.5 Å². The summed E-state index contributed by atoms with van der Waals surface area (Å²) in [5.41, 5.74) is 7.27. The van der Waals surface area contributed by atoms with E-state index in [1.807, 2.05) is 44.0 Å². The zero-order chi connectivity index (χ0) is 51.9. The molecule has 3 aromatic heterocycles. The van der Waals surface area contributed by atoms with Gasteiger partial charge in [-0.2, -0.15) is 5.06 Å². The Morgan fingerprint density at radius 3 is 1.44 bits per heavy atom. The average Bonchev–Trinajstić information content (AvgIpc) is 4.32. The van der Waals surface area contributed by atoms with Crippen LogP contribution in [0.15, 0.2) is 167 Å². The van der Waals surface area contributed by atoms with Gasteiger partial charge in [0.1, 0.15) is 44.2 Å². The number of benzene rings is 3. The van der Waals surface area contributed by atoms with E-state index >= 15 is 0 Å². The first-order valence-corrected chi connectivity index (χ1v) is 29.2. The Bertz CT molecular complexity index is 2950. The Kier molecular flexibility index (Phi) is 18.6. The molecule has 0 radical (unpaired) electrons. The Morgan fingerprint density at radius 1 is 0.627 bits per heavy atom. The van der Waals surface area contributed by atoms with E-state index in [-0.39, 0.29) is 65.8 Å². The molecule has 382 valence electrons. The summed E-state index contributed by atoms with van der Waals surface area (Å²) in [4.78, 5) is 63.8. The van der Waals surface area contributed by atoms with E-state index in [9.17, 15) is 14.4 Å². The number of allylic oxidation sites excluding steroid dienone is 1. The minimum atomic E-state index is -1.73. The summed E-state index contributed by atoms with van der Waals surface area (Å²) < 4.78 is 0. The van der Waals surface area contributed by atoms with E-state index in [1.54, 1.807) is 62.3 Å². The number of hydrogen-bond acceptors (Lipinski definition) is 10. The van der Waals surface area contributed by atoms with Crippen LogP contribution in [0.4, 0.5) is 14.4 Å². The van der Waals surface area contributed by atoms with E-state index in [1.165, 1.54) is 48.8 Å². The number of hydrogen-bond donors (Lipinski definition) is 0. The van der Waals surface area contributed by atoms with Crippen molar-refractivity contribution in [2.24, 2.45) is 0 Å². The molecule has 0 spiro atoms. The molecule has 3 saturated heterocycles. The minimum absolute atomic E-state index is 0. The first kappa shape index (κ1) is 55.7. The molecule has 3 aromatic carbocycles. The first-order chi connectivity index (χ1) is 36.0. The molecule has 6 aliphatic heterocycles. The summed E-state index contributed by atoms with van der Waals surface area (Å²) in [5.74, 6) is 2.41. The third kappa shape index (κ3) is 11.3. The number of fused-ring (bicyclic) bond motifs is 6. The largest absolute Gasteiger partial charge is 1.00 e. The van der Waals surface area contributed by atoms with Crippen molar-refractivity contribution < 1.29 is 48.8 Å². The SMILES string of the molecule is C/C=C/[P+](c1ccccc1)(c1ccccc1)c1ccccc1.C=CCON1C(=O)N2CC(C)=C(c3nccs3)C1C2.CCN1C(=O)N2CC(C)=C(c3nccs3)C1C2.[CH2-]N1C(=O)N2CC(C)=C(c3nccs3)C1C2.[Na+]. The fourth-order valence-corrected chi connectivity index (χ4v) is 16.9. The van der Waals surface area contributed by atoms with Crippen molar-refractivity contribution in [3.05, 3.63) is 189 Å². The molecular formula is C57H62N9NaO4PS3+. The molecule has 12 rings (SSSR count). The summed E-state index contributed by atoms with van der Waals surface area (Å²) in [6.45, 7) is 19.4. The molecule has 9 heterocycles. The number of carbonyl (C=O) groups is 3. The zero-order valence-electron chi connectivity index (χ0n) is 43.5. The van der Waals surface area contributed by atoms with Gasteiger partial charge in [0.25, 0.3) is 6.03 Å². The summed E-state index contributed by atoms with van der Waals surface area (Å²) >= 11 is 4.88. The summed E-state index contributed by atoms with van der Waals surface area (Å²) in [7, 11) is 2.11. The van der Waals surface area contributed by atoms with Gasteiger partial charge in [0, 0.05) is 90.7 Å². The Hall–Kier alpha value is -5.55. The van der Waals surface area contributed by atoms with Crippen LogP contribution in [-0.2, 0) is 4.84 Å². The number of rotatable bonds is 11. The van der Waals surface area contributed by atoms with Crippen LogP contribution >= 0.6 is 41.3 Å². The van der Waals surface area contributed by atoms with Crippen LogP contribution in [0.3, 0.4) is 0 Å². The Labute approximate surface area is 475 Å². The van der Waals surface area contributed by atoms with Gasteiger partial charge in [0.15, 0.2) is 0 Å². The van der Waals surface area contributed by atoms with E-state index in [0.29, 0.717) is 26.2 Å². The number of thiazole rings is 3. The topological polar surface area (TPSA) is 119 Å². The van der Waals surface area contributed by atoms with Gasteiger partial charge < -0.3 is 24.5 Å². The van der Waals surface area contributed by atoms with E-state index in [4.69, 9.17) is 4.84 Å². The summed E-state index contributed by atoms with van der Waals surface area (Å²) in [6.07, 6.45) is 9.26. The number of urea groups is 3. The second-order valence-electron chi connectivity index (χ2n) is 18.5. The van der Waals surface area contributed by atoms with E-state index in [0.717, 1.165) is 46.8 Å². The predicted molar refractivity (Wildman–Crippen MR) is 304 cm³/mol. The number of likely N-dealkylation sites (N-methyl/N-ethyl adjacent to an activating group) is 1. The molecule has 6 amide bonds. The van der Waals surface area contributed by atoms with Crippen LogP contribution in [0.2, 0.25) is 0 Å². The number of aromatic nitrogens is 3. The van der Waals surface area contributed by atoms with Gasteiger partial charge in [-0.25, -0.2) is 24.5 Å². The van der Waals surface area contributed by atoms with Crippen molar-refractivity contribution in [1.29, 1.82) is 0 Å². The Morgan fingerprint density at radius 2 is 1.03 bits per heavy atom. The fraction of sp³-hybridized carbons (Fsp3) is 0.281. The summed E-state index contributed by atoms with van der Waals surface area (Å²) in [5, 5.41) is 14.6. The van der Waals surface area contributed by atoms with Gasteiger partial charge in [0.05, 0.1) is 31.1 Å². The minimum Gasteiger partial charge on any atom is -0.470 e. The zero-order valence-corrected chi connectivity index (χ0v) is 48.8. The smallest absolute Gasteiger partial charge is 0.470 e. The quantitative estimate of drug-likeness (QED) is 0.0570. The standard InChI is InChI=1S/C21H20P.C13H15N3O2S.C12H15N3OS.C11H12N3OS.Na/c1-2-18-22(19-12-6-3-7-13-19,20-14-8-4-9-15-20)21-16-10-5-11-17-21;1-3-5-18-16-10-8-15(13(16)17)7-9(2)11(10)12-14-4-6-19-12;1-3-15-9-7-14(12(15)16)6-8(2)10(9)11-13-4-5-17-11;1-7-5-14-6-8(13(2)11(14)15)9(7)10-12-3-4-16-10;/h2-18H,1H3;3-4,6,10H,1,5,7-8H2,2H3;4-5,9H,3,6-7H2,1-2H3;3-4,8H,2,5-6H2,1H3;/q+1;;;-1;+1/b18-2+;;;;. The van der Waals surface area contributed by atoms with Gasteiger partial charge >= 0.3 is 41.6 Å². The van der Waals surface area contributed by atoms with Crippen LogP contribution in [0.25, 0.3) is 16.7 Å². The molecule has 3 unspecified atom stereocenters. The van der Waals surface area contributed by atoms with Gasteiger partial charge in [-0.15, -0.1) is 40.6 Å². The van der Waals surface area contributed by atoms with Crippen LogP contribution in [0.1, 0.15) is 49.6 Å². The molecule has 0 aliphatic carbocycles. The van der Waals surface area contributed by atoms with Crippen molar-refractivity contribution in [1.82, 2.24) is 44.5 Å². The van der Waals surface area contributed by atoms with E-state index < -0.39 is 7.26 Å². The number of amides is 6. The van der Waals surface area contributed by atoms with Crippen molar-refractivity contribution in [2.45, 2.75) is 52.7 Å². The number of carbonyl (C=O) groups excluding carboxylic acids is 3. The molecular weight excluding hydrogens is 1020 g/mol. The first-order valence-electron chi connectivity index (χ1n) is 24.7. The van der Waals surface area contributed by atoms with E-state index in [2.05, 4.69) is 159 Å². The van der Waals surface area contributed by atoms with Crippen LogP contribution in [0.5, 0.6) is 0 Å². The number of hydroxylamine groups is 2. The molecule has 13 nitrogen and oxygen atoms in total. The second kappa shape index (κ2) is 25.1. The normalized spacial score (nSPS) is 19.8. The monoisotopic (exact) mass is 1090 g/mol. The van der Waals surface area contributed by atoms with Gasteiger partial charge in [-0.3, -0.25) is 16.7 Å². The molecule has 75 heavy (non-hydrogen) atoms. The molecule has 0 saturated carbocycles. The predicted octanol–water partition coefficient (Wildman–Crippen LogP) is 7.56. The molecule has 3 atom stereocenters. The van der Waals surface area contributed by atoms with Crippen molar-refractivity contribution in [3.8, 4) is 0 Å². The van der Waals surface area contributed by atoms with Crippen LogP contribution in [-0.4, -0.2) is 133 Å². The van der Waals surface area contributed by atoms with Gasteiger partial charge in [-0.1, -0.05) is 66.7 Å². The van der Waals surface area contributed by atoms with Crippen molar-refractivity contribution in [3.63, 3.8) is 0 Å². The molecule has 6 bridgehead atoms. The molecule has 3 fully saturated rings. The Balaban J connectivity index is 0.000000133. The second-order valence-corrected chi connectivity index (χ2v) is 24.5. The molecule has 6 aromatic rings. The third-order valence-corrected chi connectivity index (χ3v) is 20.4. The maximum Gasteiger partial charge on any atom is 1.00 e. The number of nitrogens with zero attached hydrogens (tertiary/aromatic N) is 9. The van der Waals surface area contributed by atoms with Crippen molar-refractivity contribution in [2.75, 3.05) is 52.4 Å². The molecule has 6 aliphatic rings. The average molecular weight is 1090 g/mol. The van der Waals surface area contributed by atoms with Crippen molar-refractivity contribution >= 4 is 92.0 Å². The summed E-state index contributed by atoms with van der Waals surface area (Å²) in [6, 6.07) is 33.0. The molecule has 0 N–H and O–H groups in total. The van der Waals surface area contributed by atoms with Gasteiger partial charge in [-0.05, 0) is 87.7 Å². The molecule has 18 heteroatoms.